The fourth-order valence-electron chi connectivity index (χ4n) is 1.83. The molecule has 1 N–H and O–H groups in total. The smallest absolute Gasteiger partial charge is 0.189 e. The van der Waals surface area contributed by atoms with Crippen molar-refractivity contribution >= 4 is 11.9 Å². The third kappa shape index (κ3) is 2.20. The van der Waals surface area contributed by atoms with Gasteiger partial charge in [0, 0.05) is 24.6 Å². The van der Waals surface area contributed by atoms with Crippen molar-refractivity contribution in [1.82, 2.24) is 14.8 Å². The maximum atomic E-state index is 12.0. The first kappa shape index (κ1) is 11.4. The van der Waals surface area contributed by atoms with E-state index in [-0.39, 0.29) is 5.78 Å². The average molecular weight is 229 g/mol. The summed E-state index contributed by atoms with van der Waals surface area (Å²) in [6, 6.07) is 3.80. The van der Waals surface area contributed by atoms with Crippen LogP contribution in [0.15, 0.2) is 24.4 Å². The number of nitrogens with one attached hydrogen (secondary N) is 1. The van der Waals surface area contributed by atoms with Crippen LogP contribution < -0.4 is 0 Å². The van der Waals surface area contributed by atoms with Gasteiger partial charge >= 0.3 is 0 Å². The SMILES string of the molecule is Cc1nn(C)c(C)c1C(=O)/C=C/c1ccc[nH]1. The molecule has 88 valence electrons. The van der Waals surface area contributed by atoms with Gasteiger partial charge in [-0.25, -0.2) is 0 Å². The molecule has 0 fully saturated rings. The fourth-order valence-corrected chi connectivity index (χ4v) is 1.83. The number of carbonyl (C=O) groups excluding carboxylic acids is 1. The Bertz CT molecular complexity index is 562. The van der Waals surface area contributed by atoms with Crippen LogP contribution in [0.4, 0.5) is 0 Å². The molecule has 17 heavy (non-hydrogen) atoms. The number of allylic oxidation sites excluding steroid dienone is 1. The van der Waals surface area contributed by atoms with E-state index in [0.717, 1.165) is 17.1 Å². The molecule has 0 aliphatic carbocycles. The largest absolute Gasteiger partial charge is 0.362 e. The molecule has 0 atom stereocenters. The summed E-state index contributed by atoms with van der Waals surface area (Å²) >= 11 is 0. The Kier molecular flexibility index (Phi) is 2.95. The van der Waals surface area contributed by atoms with E-state index in [1.165, 1.54) is 0 Å². The van der Waals surface area contributed by atoms with Gasteiger partial charge in [0.1, 0.15) is 0 Å². The van der Waals surface area contributed by atoms with Crippen LogP contribution in [-0.2, 0) is 7.05 Å². The number of aromatic nitrogens is 3. The Balaban J connectivity index is 2.26. The molecule has 0 unspecified atom stereocenters. The maximum absolute atomic E-state index is 12.0. The number of nitrogens with zero attached hydrogens (tertiary/aromatic N) is 2. The summed E-state index contributed by atoms with van der Waals surface area (Å²) in [5, 5.41) is 4.23. The minimum atomic E-state index is -0.0114. The lowest BCUT2D eigenvalue weighted by atomic mass is 10.1. The predicted octanol–water partition coefficient (Wildman–Crippen LogP) is 2.26. The van der Waals surface area contributed by atoms with Crippen LogP contribution in [0.3, 0.4) is 0 Å². The zero-order valence-corrected chi connectivity index (χ0v) is 10.2. The van der Waals surface area contributed by atoms with Crippen LogP contribution in [0.5, 0.6) is 0 Å². The van der Waals surface area contributed by atoms with Gasteiger partial charge < -0.3 is 4.98 Å². The van der Waals surface area contributed by atoms with Crippen molar-refractivity contribution in [1.29, 1.82) is 0 Å². The van der Waals surface area contributed by atoms with Gasteiger partial charge in [0.15, 0.2) is 5.78 Å². The second kappa shape index (κ2) is 4.41. The number of rotatable bonds is 3. The Morgan fingerprint density at radius 3 is 2.76 bits per heavy atom. The monoisotopic (exact) mass is 229 g/mol. The fraction of sp³-hybridized carbons (Fsp3) is 0.231. The summed E-state index contributed by atoms with van der Waals surface area (Å²) in [4.78, 5) is 15.1. The van der Waals surface area contributed by atoms with Gasteiger partial charge in [-0.2, -0.15) is 5.10 Å². The minimum absolute atomic E-state index is 0.0114. The first-order valence-electron chi connectivity index (χ1n) is 5.45. The van der Waals surface area contributed by atoms with Crippen molar-refractivity contribution in [3.8, 4) is 0 Å². The molecule has 0 bridgehead atoms. The maximum Gasteiger partial charge on any atom is 0.189 e. The zero-order chi connectivity index (χ0) is 12.4. The second-order valence-electron chi connectivity index (χ2n) is 3.99. The molecule has 0 aliphatic heterocycles. The number of ketones is 1. The number of hydrogen-bond acceptors (Lipinski definition) is 2. The van der Waals surface area contributed by atoms with Gasteiger partial charge in [-0.15, -0.1) is 0 Å². The van der Waals surface area contributed by atoms with E-state index in [4.69, 9.17) is 0 Å². The summed E-state index contributed by atoms with van der Waals surface area (Å²) in [7, 11) is 1.84. The van der Waals surface area contributed by atoms with E-state index in [1.54, 1.807) is 16.8 Å². The van der Waals surface area contributed by atoms with Crippen LogP contribution in [0.2, 0.25) is 0 Å². The standard InChI is InChI=1S/C13H15N3O/c1-9-13(10(2)16(3)15-9)12(17)7-6-11-5-4-8-14-11/h4-8,14H,1-3H3/b7-6+. The van der Waals surface area contributed by atoms with Gasteiger partial charge in [0.2, 0.25) is 0 Å². The van der Waals surface area contributed by atoms with Crippen molar-refractivity contribution in [2.24, 2.45) is 7.05 Å². The third-order valence-electron chi connectivity index (χ3n) is 2.79. The van der Waals surface area contributed by atoms with E-state index in [9.17, 15) is 4.79 Å². The molecular weight excluding hydrogens is 214 g/mol. The topological polar surface area (TPSA) is 50.7 Å². The van der Waals surface area contributed by atoms with Gasteiger partial charge in [-0.05, 0) is 38.1 Å². The number of hydrogen-bond donors (Lipinski definition) is 1. The van der Waals surface area contributed by atoms with Crippen molar-refractivity contribution in [3.05, 3.63) is 47.1 Å². The number of H-pyrrole nitrogens is 1. The second-order valence-corrected chi connectivity index (χ2v) is 3.99. The minimum Gasteiger partial charge on any atom is -0.362 e. The molecule has 4 nitrogen and oxygen atoms in total. The van der Waals surface area contributed by atoms with Crippen LogP contribution >= 0.6 is 0 Å². The highest BCUT2D eigenvalue weighted by atomic mass is 16.1. The molecule has 2 aromatic heterocycles. The van der Waals surface area contributed by atoms with E-state index >= 15 is 0 Å². The lowest BCUT2D eigenvalue weighted by Gasteiger charge is -1.96. The molecule has 0 saturated heterocycles. The molecular formula is C13H15N3O. The van der Waals surface area contributed by atoms with Crippen LogP contribution in [-0.4, -0.2) is 20.5 Å². The Morgan fingerprint density at radius 1 is 1.47 bits per heavy atom. The van der Waals surface area contributed by atoms with Gasteiger partial charge in [0.05, 0.1) is 11.3 Å². The summed E-state index contributed by atoms with van der Waals surface area (Å²) in [5.74, 6) is -0.0114. The lowest BCUT2D eigenvalue weighted by molar-refractivity contribution is 0.104. The molecule has 2 heterocycles. The number of aryl methyl sites for hydroxylation is 2. The van der Waals surface area contributed by atoms with Crippen molar-refractivity contribution < 1.29 is 4.79 Å². The molecule has 0 saturated carbocycles. The third-order valence-corrected chi connectivity index (χ3v) is 2.79. The Morgan fingerprint density at radius 2 is 2.24 bits per heavy atom. The number of aromatic amines is 1. The highest BCUT2D eigenvalue weighted by Crippen LogP contribution is 2.13. The zero-order valence-electron chi connectivity index (χ0n) is 10.2. The van der Waals surface area contributed by atoms with E-state index in [2.05, 4.69) is 10.1 Å². The Labute approximate surface area is 100.0 Å². The molecule has 2 aromatic rings. The highest BCUT2D eigenvalue weighted by molar-refractivity contribution is 6.08. The van der Waals surface area contributed by atoms with E-state index in [1.807, 2.05) is 39.2 Å². The van der Waals surface area contributed by atoms with Gasteiger partial charge in [-0.3, -0.25) is 9.48 Å². The Hall–Kier alpha value is -2.10. The quantitative estimate of drug-likeness (QED) is 0.648. The van der Waals surface area contributed by atoms with Gasteiger partial charge in [-0.1, -0.05) is 0 Å². The first-order chi connectivity index (χ1) is 8.09. The molecule has 0 aromatic carbocycles. The average Bonchev–Trinajstić information content (AvgIpc) is 2.86. The lowest BCUT2D eigenvalue weighted by Crippen LogP contribution is -1.99. The first-order valence-corrected chi connectivity index (χ1v) is 5.45. The van der Waals surface area contributed by atoms with Crippen molar-refractivity contribution in [2.75, 3.05) is 0 Å². The summed E-state index contributed by atoms with van der Waals surface area (Å²) < 4.78 is 1.73. The van der Waals surface area contributed by atoms with E-state index in [0.29, 0.717) is 5.56 Å². The van der Waals surface area contributed by atoms with Crippen LogP contribution in [0.25, 0.3) is 6.08 Å². The molecule has 0 aliphatic rings. The molecule has 0 radical (unpaired) electrons. The highest BCUT2D eigenvalue weighted by Gasteiger charge is 2.14. The summed E-state index contributed by atoms with van der Waals surface area (Å²) in [5.41, 5.74) is 3.27. The molecule has 0 amide bonds. The van der Waals surface area contributed by atoms with Gasteiger partial charge in [0.25, 0.3) is 0 Å². The predicted molar refractivity (Wildman–Crippen MR) is 66.8 cm³/mol. The van der Waals surface area contributed by atoms with E-state index < -0.39 is 0 Å². The summed E-state index contributed by atoms with van der Waals surface area (Å²) in [6.45, 7) is 3.75. The molecule has 4 heteroatoms. The van der Waals surface area contributed by atoms with Crippen molar-refractivity contribution in [3.63, 3.8) is 0 Å². The summed E-state index contributed by atoms with van der Waals surface area (Å²) in [6.07, 6.45) is 5.17. The normalized spacial score (nSPS) is 11.2. The van der Waals surface area contributed by atoms with Crippen LogP contribution in [0.1, 0.15) is 27.4 Å². The molecule has 2 rings (SSSR count). The number of carbonyl (C=O) groups is 1. The van der Waals surface area contributed by atoms with Crippen LogP contribution in [0, 0.1) is 13.8 Å². The van der Waals surface area contributed by atoms with Crippen molar-refractivity contribution in [2.45, 2.75) is 13.8 Å². The molecule has 0 spiro atoms.